The van der Waals surface area contributed by atoms with Crippen LogP contribution in [0, 0.1) is 20.8 Å². The highest BCUT2D eigenvalue weighted by Gasteiger charge is 2.22. The van der Waals surface area contributed by atoms with E-state index in [4.69, 9.17) is 5.11 Å². The topological polar surface area (TPSA) is 83.5 Å². The summed E-state index contributed by atoms with van der Waals surface area (Å²) in [5.41, 5.74) is 2.47. The van der Waals surface area contributed by atoms with E-state index in [-0.39, 0.29) is 11.3 Å². The van der Waals surface area contributed by atoms with E-state index in [0.29, 0.717) is 16.7 Å². The highest BCUT2D eigenvalue weighted by molar-refractivity contribution is 7.89. The van der Waals surface area contributed by atoms with Crippen molar-refractivity contribution in [2.75, 3.05) is 7.05 Å². The number of hydrogen-bond acceptors (Lipinski definition) is 3. The number of aryl methyl sites for hydroxylation is 2. The number of carboxylic acids is 1. The summed E-state index contributed by atoms with van der Waals surface area (Å²) in [4.78, 5) is 11.0. The number of carbonyl (C=O) groups is 1. The van der Waals surface area contributed by atoms with Gasteiger partial charge in [-0.2, -0.15) is 0 Å². The van der Waals surface area contributed by atoms with E-state index >= 15 is 0 Å². The molecule has 6 heteroatoms. The third-order valence-electron chi connectivity index (χ3n) is 2.93. The highest BCUT2D eigenvalue weighted by Crippen LogP contribution is 2.26. The summed E-state index contributed by atoms with van der Waals surface area (Å²) >= 11 is 0. The Bertz CT molecular complexity index is 591. The van der Waals surface area contributed by atoms with Gasteiger partial charge in [-0.25, -0.2) is 13.1 Å². The molecule has 0 spiro atoms. The molecule has 0 saturated heterocycles. The van der Waals surface area contributed by atoms with E-state index in [1.54, 1.807) is 26.8 Å². The molecule has 1 aromatic carbocycles. The van der Waals surface area contributed by atoms with Crippen LogP contribution in [-0.4, -0.2) is 26.5 Å². The molecule has 0 fully saturated rings. The van der Waals surface area contributed by atoms with E-state index in [0.717, 1.165) is 5.56 Å². The normalized spacial score (nSPS) is 11.6. The zero-order valence-corrected chi connectivity index (χ0v) is 11.7. The average molecular weight is 271 g/mol. The molecule has 0 aliphatic heterocycles. The molecule has 0 amide bonds. The van der Waals surface area contributed by atoms with Crippen LogP contribution in [-0.2, 0) is 21.2 Å². The SMILES string of the molecule is CNS(=O)(=O)c1c(C)cc(C)c(CC(=O)O)c1C. The van der Waals surface area contributed by atoms with E-state index < -0.39 is 16.0 Å². The minimum Gasteiger partial charge on any atom is -0.481 e. The maximum Gasteiger partial charge on any atom is 0.307 e. The van der Waals surface area contributed by atoms with Crippen LogP contribution in [0.2, 0.25) is 0 Å². The van der Waals surface area contributed by atoms with E-state index in [9.17, 15) is 13.2 Å². The van der Waals surface area contributed by atoms with E-state index in [2.05, 4.69) is 4.72 Å². The van der Waals surface area contributed by atoms with Crippen LogP contribution in [0.3, 0.4) is 0 Å². The Morgan fingerprint density at radius 1 is 1.28 bits per heavy atom. The molecular formula is C12H17NO4S. The first kappa shape index (κ1) is 14.7. The Kier molecular flexibility index (Phi) is 4.13. The van der Waals surface area contributed by atoms with Crippen LogP contribution in [0.25, 0.3) is 0 Å². The van der Waals surface area contributed by atoms with Gasteiger partial charge in [-0.15, -0.1) is 0 Å². The molecule has 1 aromatic rings. The smallest absolute Gasteiger partial charge is 0.307 e. The lowest BCUT2D eigenvalue weighted by Crippen LogP contribution is -2.22. The average Bonchev–Trinajstić information content (AvgIpc) is 2.23. The van der Waals surface area contributed by atoms with Crippen molar-refractivity contribution >= 4 is 16.0 Å². The van der Waals surface area contributed by atoms with Crippen molar-refractivity contribution < 1.29 is 18.3 Å². The van der Waals surface area contributed by atoms with Crippen molar-refractivity contribution in [1.82, 2.24) is 4.72 Å². The molecule has 0 aliphatic rings. The second-order valence-electron chi connectivity index (χ2n) is 4.22. The molecule has 100 valence electrons. The molecule has 0 heterocycles. The number of aliphatic carboxylic acids is 1. The van der Waals surface area contributed by atoms with Gasteiger partial charge in [0.25, 0.3) is 0 Å². The Labute approximate surface area is 107 Å². The molecule has 0 atom stereocenters. The molecule has 18 heavy (non-hydrogen) atoms. The first-order chi connectivity index (χ1) is 8.20. The molecule has 0 unspecified atom stereocenters. The monoisotopic (exact) mass is 271 g/mol. The number of hydrogen-bond donors (Lipinski definition) is 2. The second kappa shape index (κ2) is 5.07. The standard InChI is InChI=1S/C12H17NO4S/c1-7-5-8(2)12(18(16,17)13-4)9(3)10(7)6-11(14)15/h5,13H,6H2,1-4H3,(H,14,15). The molecule has 0 radical (unpaired) electrons. The summed E-state index contributed by atoms with van der Waals surface area (Å²) in [7, 11) is -2.24. The van der Waals surface area contributed by atoms with E-state index in [1.807, 2.05) is 0 Å². The van der Waals surface area contributed by atoms with Gasteiger partial charge in [0, 0.05) is 0 Å². The predicted molar refractivity (Wildman–Crippen MR) is 68.2 cm³/mol. The van der Waals surface area contributed by atoms with Crippen LogP contribution in [0.5, 0.6) is 0 Å². The van der Waals surface area contributed by atoms with Gasteiger partial charge in [-0.3, -0.25) is 4.79 Å². The lowest BCUT2D eigenvalue weighted by atomic mass is 9.97. The van der Waals surface area contributed by atoms with Crippen LogP contribution in [0.4, 0.5) is 0 Å². The van der Waals surface area contributed by atoms with Crippen LogP contribution < -0.4 is 4.72 Å². The first-order valence-corrected chi connectivity index (χ1v) is 6.94. The van der Waals surface area contributed by atoms with E-state index in [1.165, 1.54) is 7.05 Å². The summed E-state index contributed by atoms with van der Waals surface area (Å²) < 4.78 is 26.1. The maximum absolute atomic E-state index is 11.9. The Balaban J connectivity index is 3.60. The molecule has 2 N–H and O–H groups in total. The zero-order valence-electron chi connectivity index (χ0n) is 10.9. The molecule has 1 rings (SSSR count). The van der Waals surface area contributed by atoms with Gasteiger partial charge >= 0.3 is 5.97 Å². The molecule has 0 saturated carbocycles. The highest BCUT2D eigenvalue weighted by atomic mass is 32.2. The number of carboxylic acid groups (broad SMARTS) is 1. The Morgan fingerprint density at radius 3 is 2.28 bits per heavy atom. The summed E-state index contributed by atoms with van der Waals surface area (Å²) in [6, 6.07) is 1.70. The van der Waals surface area contributed by atoms with Crippen molar-refractivity contribution in [2.45, 2.75) is 32.1 Å². The van der Waals surface area contributed by atoms with Crippen molar-refractivity contribution in [3.05, 3.63) is 28.3 Å². The summed E-state index contributed by atoms with van der Waals surface area (Å²) in [6.07, 6.45) is -0.176. The van der Waals surface area contributed by atoms with Gasteiger partial charge in [0.1, 0.15) is 0 Å². The van der Waals surface area contributed by atoms with Gasteiger partial charge < -0.3 is 5.11 Å². The lowest BCUT2D eigenvalue weighted by molar-refractivity contribution is -0.136. The van der Waals surface area contributed by atoms with Gasteiger partial charge in [-0.05, 0) is 50.1 Å². The third kappa shape index (κ3) is 2.70. The number of sulfonamides is 1. The molecular weight excluding hydrogens is 254 g/mol. The fourth-order valence-electron chi connectivity index (χ4n) is 2.14. The van der Waals surface area contributed by atoms with Gasteiger partial charge in [0.05, 0.1) is 11.3 Å². The molecule has 0 bridgehead atoms. The number of benzene rings is 1. The maximum atomic E-state index is 11.9. The second-order valence-corrected chi connectivity index (χ2v) is 6.04. The largest absolute Gasteiger partial charge is 0.481 e. The van der Waals surface area contributed by atoms with Crippen molar-refractivity contribution in [2.24, 2.45) is 0 Å². The van der Waals surface area contributed by atoms with Crippen LogP contribution >= 0.6 is 0 Å². The third-order valence-corrected chi connectivity index (χ3v) is 4.63. The Morgan fingerprint density at radius 2 is 1.83 bits per heavy atom. The predicted octanol–water partition coefficient (Wildman–Crippen LogP) is 1.15. The van der Waals surface area contributed by atoms with Crippen LogP contribution in [0.15, 0.2) is 11.0 Å². The Hall–Kier alpha value is -1.40. The summed E-state index contributed by atoms with van der Waals surface area (Å²) in [6.45, 7) is 5.13. The van der Waals surface area contributed by atoms with Gasteiger partial charge in [0.2, 0.25) is 10.0 Å². The minimum absolute atomic E-state index is 0.173. The zero-order chi connectivity index (χ0) is 14.1. The fraction of sp³-hybridized carbons (Fsp3) is 0.417. The lowest BCUT2D eigenvalue weighted by Gasteiger charge is -2.16. The number of nitrogens with one attached hydrogen (secondary N) is 1. The molecule has 5 nitrogen and oxygen atoms in total. The van der Waals surface area contributed by atoms with Gasteiger partial charge in [0.15, 0.2) is 0 Å². The van der Waals surface area contributed by atoms with Crippen molar-refractivity contribution in [1.29, 1.82) is 0 Å². The number of rotatable bonds is 4. The molecule has 0 aromatic heterocycles. The first-order valence-electron chi connectivity index (χ1n) is 5.45. The molecule has 0 aliphatic carbocycles. The quantitative estimate of drug-likeness (QED) is 0.860. The summed E-state index contributed by atoms with van der Waals surface area (Å²) in [5.74, 6) is -0.974. The minimum atomic E-state index is -3.58. The fourth-order valence-corrected chi connectivity index (χ4v) is 3.36. The van der Waals surface area contributed by atoms with Gasteiger partial charge in [-0.1, -0.05) is 6.07 Å². The van der Waals surface area contributed by atoms with Crippen LogP contribution in [0.1, 0.15) is 22.3 Å². The van der Waals surface area contributed by atoms with Crippen molar-refractivity contribution in [3.8, 4) is 0 Å². The summed E-state index contributed by atoms with van der Waals surface area (Å²) in [5, 5.41) is 8.87. The van der Waals surface area contributed by atoms with Crippen molar-refractivity contribution in [3.63, 3.8) is 0 Å².